The lowest BCUT2D eigenvalue weighted by Gasteiger charge is -2.44. The number of nitrogens with zero attached hydrogens (tertiary/aromatic N) is 2. The minimum Gasteiger partial charge on any atom is -0.350 e. The maximum Gasteiger partial charge on any atom is 0.264 e. The van der Waals surface area contributed by atoms with E-state index >= 15 is 0 Å². The Bertz CT molecular complexity index is 848. The lowest BCUT2D eigenvalue weighted by molar-refractivity contribution is -0.153. The van der Waals surface area contributed by atoms with E-state index in [9.17, 15) is 18.8 Å². The number of rotatable bonds is 4. The smallest absolute Gasteiger partial charge is 0.264 e. The van der Waals surface area contributed by atoms with Crippen LogP contribution in [0.2, 0.25) is 0 Å². The van der Waals surface area contributed by atoms with Crippen LogP contribution in [0.4, 0.5) is 4.39 Å². The monoisotopic (exact) mass is 458 g/mol. The van der Waals surface area contributed by atoms with Crippen molar-refractivity contribution in [1.82, 2.24) is 15.1 Å². The van der Waals surface area contributed by atoms with Gasteiger partial charge in [0.15, 0.2) is 6.17 Å². The largest absolute Gasteiger partial charge is 0.350 e. The quantitative estimate of drug-likeness (QED) is 0.725. The van der Waals surface area contributed by atoms with Crippen molar-refractivity contribution in [2.45, 2.75) is 82.5 Å². The Morgan fingerprint density at radius 3 is 2.15 bits per heavy atom. The molecule has 1 aliphatic heterocycles. The van der Waals surface area contributed by atoms with Crippen LogP contribution in [0, 0.1) is 11.7 Å². The number of carbonyl (C=O) groups excluding carboxylic acids is 3. The normalized spacial score (nSPS) is 26.7. The molecule has 33 heavy (non-hydrogen) atoms. The van der Waals surface area contributed by atoms with Crippen molar-refractivity contribution >= 4 is 17.7 Å². The van der Waals surface area contributed by atoms with Gasteiger partial charge >= 0.3 is 0 Å². The predicted molar refractivity (Wildman–Crippen MR) is 123 cm³/mol. The lowest BCUT2D eigenvalue weighted by atomic mass is 9.87. The first-order valence-electron chi connectivity index (χ1n) is 12.4. The van der Waals surface area contributed by atoms with Crippen LogP contribution in [0.1, 0.15) is 74.6 Å². The first kappa shape index (κ1) is 23.7. The highest BCUT2D eigenvalue weighted by Crippen LogP contribution is 2.29. The lowest BCUT2D eigenvalue weighted by Crippen LogP contribution is -2.65. The highest BCUT2D eigenvalue weighted by molar-refractivity contribution is 5.99. The number of carbonyl (C=O) groups is 3. The fourth-order valence-corrected chi connectivity index (χ4v) is 5.43. The van der Waals surface area contributed by atoms with Gasteiger partial charge in [0.2, 0.25) is 5.91 Å². The number of nitrogens with one attached hydrogen (secondary N) is 1. The average molecular weight is 459 g/mol. The van der Waals surface area contributed by atoms with Crippen LogP contribution < -0.4 is 11.1 Å². The molecule has 0 aromatic heterocycles. The summed E-state index contributed by atoms with van der Waals surface area (Å²) >= 11 is 0. The van der Waals surface area contributed by atoms with Gasteiger partial charge in [-0.25, -0.2) is 4.39 Å². The van der Waals surface area contributed by atoms with Gasteiger partial charge in [-0.2, -0.15) is 0 Å². The molecule has 0 spiro atoms. The van der Waals surface area contributed by atoms with E-state index in [0.29, 0.717) is 25.1 Å². The Morgan fingerprint density at radius 2 is 1.48 bits per heavy atom. The van der Waals surface area contributed by atoms with Crippen LogP contribution in [0.15, 0.2) is 24.3 Å². The molecular formula is C25H35FN4O3. The van der Waals surface area contributed by atoms with Crippen LogP contribution in [0.25, 0.3) is 0 Å². The van der Waals surface area contributed by atoms with E-state index in [4.69, 9.17) is 5.73 Å². The van der Waals surface area contributed by atoms with E-state index in [0.717, 1.165) is 57.8 Å². The average Bonchev–Trinajstić information content (AvgIpc) is 2.85. The number of benzene rings is 1. The standard InChI is InChI=1S/C25H35FN4O3/c26-19-9-7-18(8-10-19)25(33)30-16-4-15-29(24(32)17-5-2-1-3-6-17)23(30)22(31)28-21-13-11-20(27)12-14-21/h7-10,17,20-21,23H,1-6,11-16,27H2,(H,28,31). The zero-order chi connectivity index (χ0) is 23.4. The summed E-state index contributed by atoms with van der Waals surface area (Å²) in [6.07, 6.45) is 7.72. The molecule has 1 heterocycles. The van der Waals surface area contributed by atoms with E-state index < -0.39 is 12.0 Å². The molecule has 2 saturated carbocycles. The molecule has 4 rings (SSSR count). The Labute approximate surface area is 194 Å². The van der Waals surface area contributed by atoms with E-state index in [-0.39, 0.29) is 35.7 Å². The molecule has 1 atom stereocenters. The second kappa shape index (κ2) is 10.6. The molecule has 180 valence electrons. The summed E-state index contributed by atoms with van der Waals surface area (Å²) in [7, 11) is 0. The Kier molecular flexibility index (Phi) is 7.63. The van der Waals surface area contributed by atoms with Crippen molar-refractivity contribution in [2.75, 3.05) is 13.1 Å². The summed E-state index contributed by atoms with van der Waals surface area (Å²) in [6.45, 7) is 0.828. The van der Waals surface area contributed by atoms with Gasteiger partial charge in [0.05, 0.1) is 0 Å². The van der Waals surface area contributed by atoms with Crippen LogP contribution in [0.5, 0.6) is 0 Å². The molecule has 7 nitrogen and oxygen atoms in total. The molecule has 1 aromatic carbocycles. The minimum atomic E-state index is -0.985. The number of amides is 3. The zero-order valence-corrected chi connectivity index (χ0v) is 19.2. The minimum absolute atomic E-state index is 0.00590. The molecule has 3 fully saturated rings. The fraction of sp³-hybridized carbons (Fsp3) is 0.640. The van der Waals surface area contributed by atoms with Gasteiger partial charge in [0.1, 0.15) is 5.82 Å². The highest BCUT2D eigenvalue weighted by atomic mass is 19.1. The van der Waals surface area contributed by atoms with Crippen molar-refractivity contribution in [2.24, 2.45) is 11.7 Å². The van der Waals surface area contributed by atoms with Crippen LogP contribution in [-0.2, 0) is 9.59 Å². The van der Waals surface area contributed by atoms with E-state index in [1.54, 1.807) is 4.90 Å². The zero-order valence-electron chi connectivity index (χ0n) is 19.2. The molecule has 3 N–H and O–H groups in total. The Morgan fingerprint density at radius 1 is 0.848 bits per heavy atom. The SMILES string of the molecule is NC1CCC(NC(=O)C2N(C(=O)c3ccc(F)cc3)CCCN2C(=O)C2CCCCC2)CC1. The second-order valence-electron chi connectivity index (χ2n) is 9.72. The summed E-state index contributed by atoms with van der Waals surface area (Å²) in [6, 6.07) is 5.49. The maximum absolute atomic E-state index is 13.6. The van der Waals surface area contributed by atoms with Crippen molar-refractivity contribution in [3.8, 4) is 0 Å². The van der Waals surface area contributed by atoms with E-state index in [1.807, 2.05) is 0 Å². The summed E-state index contributed by atoms with van der Waals surface area (Å²) in [4.78, 5) is 43.5. The molecule has 0 bridgehead atoms. The molecule has 8 heteroatoms. The fourth-order valence-electron chi connectivity index (χ4n) is 5.43. The Hall–Kier alpha value is -2.48. The van der Waals surface area contributed by atoms with Crippen molar-refractivity contribution < 1.29 is 18.8 Å². The van der Waals surface area contributed by atoms with Crippen molar-refractivity contribution in [3.63, 3.8) is 0 Å². The number of nitrogens with two attached hydrogens (primary N) is 1. The highest BCUT2D eigenvalue weighted by Gasteiger charge is 2.43. The Balaban J connectivity index is 1.57. The molecule has 3 aliphatic rings. The molecule has 1 unspecified atom stereocenters. The van der Waals surface area contributed by atoms with Gasteiger partial charge in [0.25, 0.3) is 11.8 Å². The molecule has 3 amide bonds. The van der Waals surface area contributed by atoms with E-state index in [2.05, 4.69) is 5.32 Å². The molecule has 1 aromatic rings. The molecular weight excluding hydrogens is 423 g/mol. The van der Waals surface area contributed by atoms with Crippen molar-refractivity contribution in [3.05, 3.63) is 35.6 Å². The predicted octanol–water partition coefficient (Wildman–Crippen LogP) is 2.79. The van der Waals surface area contributed by atoms with Gasteiger partial charge in [0, 0.05) is 36.7 Å². The number of hydrogen-bond acceptors (Lipinski definition) is 4. The topological polar surface area (TPSA) is 95.7 Å². The second-order valence-corrected chi connectivity index (χ2v) is 9.72. The number of hydrogen-bond donors (Lipinski definition) is 2. The van der Waals surface area contributed by atoms with Gasteiger partial charge < -0.3 is 20.9 Å². The summed E-state index contributed by atoms with van der Waals surface area (Å²) in [5.41, 5.74) is 6.32. The number of halogens is 1. The van der Waals surface area contributed by atoms with Gasteiger partial charge in [-0.3, -0.25) is 14.4 Å². The van der Waals surface area contributed by atoms with Crippen LogP contribution in [0.3, 0.4) is 0 Å². The van der Waals surface area contributed by atoms with Crippen molar-refractivity contribution in [1.29, 1.82) is 0 Å². The summed E-state index contributed by atoms with van der Waals surface area (Å²) in [5.74, 6) is -1.22. The first-order chi connectivity index (χ1) is 15.9. The summed E-state index contributed by atoms with van der Waals surface area (Å²) < 4.78 is 13.4. The third-order valence-electron chi connectivity index (χ3n) is 7.33. The third kappa shape index (κ3) is 5.54. The molecule has 0 radical (unpaired) electrons. The van der Waals surface area contributed by atoms with Crippen LogP contribution >= 0.6 is 0 Å². The van der Waals surface area contributed by atoms with Gasteiger partial charge in [-0.15, -0.1) is 0 Å². The summed E-state index contributed by atoms with van der Waals surface area (Å²) in [5, 5.41) is 3.10. The molecule has 1 saturated heterocycles. The molecule has 2 aliphatic carbocycles. The van der Waals surface area contributed by atoms with E-state index in [1.165, 1.54) is 29.2 Å². The van der Waals surface area contributed by atoms with Gasteiger partial charge in [-0.05, 0) is 69.2 Å². The third-order valence-corrected chi connectivity index (χ3v) is 7.33. The van der Waals surface area contributed by atoms with Crippen LogP contribution in [-0.4, -0.2) is 58.9 Å². The van der Waals surface area contributed by atoms with Gasteiger partial charge in [-0.1, -0.05) is 19.3 Å². The first-order valence-corrected chi connectivity index (χ1v) is 12.4. The maximum atomic E-state index is 13.6.